The van der Waals surface area contributed by atoms with Gasteiger partial charge in [0, 0.05) is 12.0 Å². The Labute approximate surface area is 119 Å². The number of pyridine rings is 1. The Bertz CT molecular complexity index is 521. The Morgan fingerprint density at radius 3 is 2.32 bits per heavy atom. The lowest BCUT2D eigenvalue weighted by Gasteiger charge is -2.32. The van der Waals surface area contributed by atoms with Crippen molar-refractivity contribution in [2.75, 3.05) is 0 Å². The molecule has 100 valence electrons. The molecule has 1 aliphatic rings. The summed E-state index contributed by atoms with van der Waals surface area (Å²) in [6, 6.07) is 3.72. The van der Waals surface area contributed by atoms with Gasteiger partial charge >= 0.3 is 7.12 Å². The minimum absolute atomic E-state index is 0.386. The molecule has 0 spiro atoms. The highest BCUT2D eigenvalue weighted by atomic mass is 35.5. The normalized spacial score (nSPS) is 20.3. The van der Waals surface area contributed by atoms with Crippen LogP contribution in [0.3, 0.4) is 0 Å². The molecule has 0 saturated carbocycles. The van der Waals surface area contributed by atoms with Crippen molar-refractivity contribution in [1.82, 2.24) is 4.98 Å². The minimum atomic E-state index is -0.498. The van der Waals surface area contributed by atoms with Gasteiger partial charge in [-0.3, -0.25) is 0 Å². The molecule has 0 unspecified atom stereocenters. The fraction of sp³-hybridized carbons (Fsp3) is 0.500. The molecule has 0 radical (unpaired) electrons. The lowest BCUT2D eigenvalue weighted by Crippen LogP contribution is -2.41. The van der Waals surface area contributed by atoms with Crippen LogP contribution in [0.4, 0.5) is 0 Å². The molecule has 1 aromatic rings. The van der Waals surface area contributed by atoms with Gasteiger partial charge in [0.05, 0.1) is 16.8 Å². The summed E-state index contributed by atoms with van der Waals surface area (Å²) in [4.78, 5) is 4.32. The van der Waals surface area contributed by atoms with E-state index in [-0.39, 0.29) is 11.2 Å². The van der Waals surface area contributed by atoms with Gasteiger partial charge in [0.1, 0.15) is 5.15 Å². The molecule has 0 aliphatic carbocycles. The Morgan fingerprint density at radius 1 is 1.26 bits per heavy atom. The Hall–Kier alpha value is -1.02. The van der Waals surface area contributed by atoms with Gasteiger partial charge in [-0.25, -0.2) is 4.98 Å². The van der Waals surface area contributed by atoms with E-state index in [9.17, 15) is 0 Å². The van der Waals surface area contributed by atoms with Crippen LogP contribution in [-0.2, 0) is 15.7 Å². The molecule has 1 aliphatic heterocycles. The van der Waals surface area contributed by atoms with Crippen molar-refractivity contribution in [2.24, 2.45) is 0 Å². The third-order valence-corrected chi connectivity index (χ3v) is 4.06. The third-order valence-electron chi connectivity index (χ3n) is 3.73. The van der Waals surface area contributed by atoms with Crippen molar-refractivity contribution in [1.29, 1.82) is 0 Å². The first-order chi connectivity index (χ1) is 8.77. The Kier molecular flexibility index (Phi) is 3.66. The van der Waals surface area contributed by atoms with E-state index in [2.05, 4.69) is 10.9 Å². The van der Waals surface area contributed by atoms with Crippen molar-refractivity contribution in [3.8, 4) is 12.3 Å². The smallest absolute Gasteiger partial charge is 0.398 e. The van der Waals surface area contributed by atoms with E-state index < -0.39 is 7.12 Å². The van der Waals surface area contributed by atoms with Gasteiger partial charge in [0.25, 0.3) is 0 Å². The fourth-order valence-corrected chi connectivity index (χ4v) is 2.04. The summed E-state index contributed by atoms with van der Waals surface area (Å²) >= 11 is 6.11. The average Bonchev–Trinajstić information content (AvgIpc) is 2.51. The molecule has 3 nitrogen and oxygen atoms in total. The number of terminal acetylenes is 1. The number of nitrogens with zero attached hydrogens (tertiary/aromatic N) is 1. The van der Waals surface area contributed by atoms with E-state index in [0.717, 1.165) is 5.56 Å². The lowest BCUT2D eigenvalue weighted by molar-refractivity contribution is 0.00578. The quantitative estimate of drug-likeness (QED) is 0.472. The van der Waals surface area contributed by atoms with Gasteiger partial charge in [0.15, 0.2) is 0 Å². The standard InChI is InChI=1S/C14H17BClNO2/c1-6-7-10-8-9-11(17-12(10)16)15-18-13(2,3)14(4,5)19-15/h1,8-9H,7H2,2-5H3. The van der Waals surface area contributed by atoms with Crippen LogP contribution in [0.2, 0.25) is 5.15 Å². The summed E-state index contributed by atoms with van der Waals surface area (Å²) in [6.07, 6.45) is 5.74. The van der Waals surface area contributed by atoms with Gasteiger partial charge < -0.3 is 9.31 Å². The van der Waals surface area contributed by atoms with Crippen LogP contribution in [-0.4, -0.2) is 23.3 Å². The highest BCUT2D eigenvalue weighted by molar-refractivity contribution is 6.61. The summed E-state index contributed by atoms with van der Waals surface area (Å²) in [5.41, 5.74) is 0.737. The zero-order valence-electron chi connectivity index (χ0n) is 11.7. The molecule has 0 aromatic carbocycles. The molecule has 2 rings (SSSR count). The van der Waals surface area contributed by atoms with Gasteiger partial charge in [0.2, 0.25) is 0 Å². The second-order valence-electron chi connectivity index (χ2n) is 5.66. The summed E-state index contributed by atoms with van der Waals surface area (Å²) in [7, 11) is -0.498. The van der Waals surface area contributed by atoms with Crippen LogP contribution in [0.1, 0.15) is 33.3 Å². The van der Waals surface area contributed by atoms with Crippen molar-refractivity contribution in [3.63, 3.8) is 0 Å². The van der Waals surface area contributed by atoms with E-state index in [1.165, 1.54) is 0 Å². The zero-order valence-corrected chi connectivity index (χ0v) is 12.4. The Balaban J connectivity index is 2.26. The van der Waals surface area contributed by atoms with Crippen LogP contribution < -0.4 is 5.59 Å². The van der Waals surface area contributed by atoms with Crippen LogP contribution >= 0.6 is 11.6 Å². The maximum Gasteiger partial charge on any atom is 0.514 e. The first kappa shape index (κ1) is 14.4. The predicted molar refractivity (Wildman–Crippen MR) is 77.5 cm³/mol. The molecular weight excluding hydrogens is 260 g/mol. The largest absolute Gasteiger partial charge is 0.514 e. The number of rotatable bonds is 2. The summed E-state index contributed by atoms with van der Waals surface area (Å²) in [6.45, 7) is 8.01. The molecule has 1 saturated heterocycles. The van der Waals surface area contributed by atoms with E-state index in [1.54, 1.807) is 0 Å². The molecule has 0 amide bonds. The average molecular weight is 278 g/mol. The number of aromatic nitrogens is 1. The number of halogens is 1. The van der Waals surface area contributed by atoms with Crippen LogP contribution in [0.15, 0.2) is 12.1 Å². The van der Waals surface area contributed by atoms with Crippen molar-refractivity contribution >= 4 is 24.3 Å². The fourth-order valence-electron chi connectivity index (χ4n) is 1.81. The molecule has 0 N–H and O–H groups in total. The van der Waals surface area contributed by atoms with E-state index in [1.807, 2.05) is 39.8 Å². The predicted octanol–water partition coefficient (Wildman–Crippen LogP) is 2.21. The highest BCUT2D eigenvalue weighted by Gasteiger charge is 2.52. The van der Waals surface area contributed by atoms with Gasteiger partial charge in [-0.15, -0.1) is 12.3 Å². The molecule has 1 aromatic heterocycles. The van der Waals surface area contributed by atoms with E-state index in [4.69, 9.17) is 27.3 Å². The van der Waals surface area contributed by atoms with Crippen molar-refractivity contribution < 1.29 is 9.31 Å². The van der Waals surface area contributed by atoms with E-state index in [0.29, 0.717) is 17.2 Å². The lowest BCUT2D eigenvalue weighted by atomic mass is 9.84. The summed E-state index contributed by atoms with van der Waals surface area (Å²) in [5, 5.41) is 0.408. The van der Waals surface area contributed by atoms with Crippen LogP contribution in [0.5, 0.6) is 0 Å². The van der Waals surface area contributed by atoms with Crippen LogP contribution in [0, 0.1) is 12.3 Å². The minimum Gasteiger partial charge on any atom is -0.398 e. The molecule has 0 bridgehead atoms. The topological polar surface area (TPSA) is 31.4 Å². The van der Waals surface area contributed by atoms with Gasteiger partial charge in [-0.2, -0.15) is 0 Å². The van der Waals surface area contributed by atoms with E-state index >= 15 is 0 Å². The molecule has 0 atom stereocenters. The first-order valence-electron chi connectivity index (χ1n) is 6.21. The second-order valence-corrected chi connectivity index (χ2v) is 6.01. The van der Waals surface area contributed by atoms with Crippen molar-refractivity contribution in [2.45, 2.75) is 45.3 Å². The number of hydrogen-bond acceptors (Lipinski definition) is 3. The molecular formula is C14H17BClNO2. The molecule has 5 heteroatoms. The first-order valence-corrected chi connectivity index (χ1v) is 6.59. The van der Waals surface area contributed by atoms with Crippen LogP contribution in [0.25, 0.3) is 0 Å². The zero-order chi connectivity index (χ0) is 14.3. The maximum absolute atomic E-state index is 6.11. The third kappa shape index (κ3) is 2.64. The summed E-state index contributed by atoms with van der Waals surface area (Å²) in [5.74, 6) is 2.55. The second kappa shape index (κ2) is 4.83. The van der Waals surface area contributed by atoms with Crippen molar-refractivity contribution in [3.05, 3.63) is 22.8 Å². The number of hydrogen-bond donors (Lipinski definition) is 0. The van der Waals surface area contributed by atoms with Gasteiger partial charge in [-0.1, -0.05) is 17.7 Å². The Morgan fingerprint density at radius 2 is 1.84 bits per heavy atom. The molecule has 19 heavy (non-hydrogen) atoms. The SMILES string of the molecule is C#CCc1ccc(B2OC(C)(C)C(C)(C)O2)nc1Cl. The highest BCUT2D eigenvalue weighted by Crippen LogP contribution is 2.36. The molecule has 2 heterocycles. The molecule has 1 fully saturated rings. The van der Waals surface area contributed by atoms with Gasteiger partial charge in [-0.05, 0) is 33.8 Å². The maximum atomic E-state index is 6.11. The summed E-state index contributed by atoms with van der Waals surface area (Å²) < 4.78 is 11.8. The monoisotopic (exact) mass is 277 g/mol.